The van der Waals surface area contributed by atoms with Crippen LogP contribution in [0.15, 0.2) is 36.5 Å². The first-order valence-electron chi connectivity index (χ1n) is 5.68. The molecular formula is C13H15N3O2. The van der Waals surface area contributed by atoms with Crippen LogP contribution in [0.25, 0.3) is 0 Å². The Labute approximate surface area is 105 Å². The molecule has 0 aliphatic rings. The Morgan fingerprint density at radius 2 is 2.11 bits per heavy atom. The summed E-state index contributed by atoms with van der Waals surface area (Å²) in [5, 5.41) is 16.4. The van der Waals surface area contributed by atoms with Crippen molar-refractivity contribution >= 4 is 11.6 Å². The van der Waals surface area contributed by atoms with Gasteiger partial charge in [0.2, 0.25) is 5.91 Å². The first-order chi connectivity index (χ1) is 8.59. The zero-order valence-corrected chi connectivity index (χ0v) is 10.3. The summed E-state index contributed by atoms with van der Waals surface area (Å²) in [5.41, 5.74) is 1.31. The molecule has 2 aromatic rings. The fourth-order valence-electron chi connectivity index (χ4n) is 1.71. The summed E-state index contributed by atoms with van der Waals surface area (Å²) in [6.07, 6.45) is 1.65. The van der Waals surface area contributed by atoms with Crippen molar-refractivity contribution in [2.45, 2.75) is 19.9 Å². The number of hydrogen-bond acceptors (Lipinski definition) is 3. The summed E-state index contributed by atoms with van der Waals surface area (Å²) in [5.74, 6) is -0.168. The smallest absolute Gasteiger partial charge is 0.249 e. The third-order valence-corrected chi connectivity index (χ3v) is 2.78. The van der Waals surface area contributed by atoms with E-state index in [9.17, 15) is 9.90 Å². The van der Waals surface area contributed by atoms with Crippen molar-refractivity contribution in [3.05, 3.63) is 42.2 Å². The second kappa shape index (κ2) is 4.91. The lowest BCUT2D eigenvalue weighted by Crippen LogP contribution is -2.25. The maximum absolute atomic E-state index is 12.0. The molecule has 0 saturated carbocycles. The highest BCUT2D eigenvalue weighted by Crippen LogP contribution is 2.22. The van der Waals surface area contributed by atoms with E-state index in [1.54, 1.807) is 36.0 Å². The number of benzene rings is 1. The molecule has 1 aromatic heterocycles. The van der Waals surface area contributed by atoms with E-state index in [1.165, 1.54) is 6.07 Å². The SMILES string of the molecule is Cc1ccnn1C(C)C(=O)Nc1ccccc1O. The van der Waals surface area contributed by atoms with E-state index in [2.05, 4.69) is 10.4 Å². The lowest BCUT2D eigenvalue weighted by atomic mass is 10.2. The monoisotopic (exact) mass is 245 g/mol. The van der Waals surface area contributed by atoms with Crippen molar-refractivity contribution in [1.82, 2.24) is 9.78 Å². The number of phenols is 1. The minimum atomic E-state index is -0.431. The van der Waals surface area contributed by atoms with Gasteiger partial charge in [0.15, 0.2) is 0 Å². The maximum atomic E-state index is 12.0. The molecule has 5 heteroatoms. The van der Waals surface area contributed by atoms with E-state index in [1.807, 2.05) is 13.0 Å². The number of nitrogens with one attached hydrogen (secondary N) is 1. The Morgan fingerprint density at radius 1 is 1.39 bits per heavy atom. The zero-order chi connectivity index (χ0) is 13.1. The molecule has 0 aliphatic heterocycles. The summed E-state index contributed by atoms with van der Waals surface area (Å²) in [7, 11) is 0. The molecule has 18 heavy (non-hydrogen) atoms. The van der Waals surface area contributed by atoms with E-state index >= 15 is 0 Å². The van der Waals surface area contributed by atoms with Crippen molar-refractivity contribution in [2.24, 2.45) is 0 Å². The van der Waals surface area contributed by atoms with Gasteiger partial charge >= 0.3 is 0 Å². The van der Waals surface area contributed by atoms with E-state index < -0.39 is 6.04 Å². The van der Waals surface area contributed by atoms with Crippen LogP contribution in [0.5, 0.6) is 5.75 Å². The molecule has 1 unspecified atom stereocenters. The van der Waals surface area contributed by atoms with Gasteiger partial charge in [-0.2, -0.15) is 5.10 Å². The van der Waals surface area contributed by atoms with E-state index in [0.717, 1.165) is 5.69 Å². The highest BCUT2D eigenvalue weighted by atomic mass is 16.3. The number of aromatic nitrogens is 2. The molecule has 0 aliphatic carbocycles. The van der Waals surface area contributed by atoms with Gasteiger partial charge in [-0.1, -0.05) is 12.1 Å². The van der Waals surface area contributed by atoms with Crippen molar-refractivity contribution in [1.29, 1.82) is 0 Å². The molecule has 0 saturated heterocycles. The van der Waals surface area contributed by atoms with E-state index in [-0.39, 0.29) is 11.7 Å². The molecule has 0 spiro atoms. The summed E-state index contributed by atoms with van der Waals surface area (Å²) >= 11 is 0. The Morgan fingerprint density at radius 3 is 2.72 bits per heavy atom. The molecule has 0 fully saturated rings. The van der Waals surface area contributed by atoms with Gasteiger partial charge in [0.25, 0.3) is 0 Å². The maximum Gasteiger partial charge on any atom is 0.249 e. The Bertz CT molecular complexity index is 563. The van der Waals surface area contributed by atoms with Gasteiger partial charge in [0.1, 0.15) is 11.8 Å². The first-order valence-corrected chi connectivity index (χ1v) is 5.68. The highest BCUT2D eigenvalue weighted by Gasteiger charge is 2.17. The normalized spacial score (nSPS) is 12.1. The van der Waals surface area contributed by atoms with Crippen LogP contribution in [0.3, 0.4) is 0 Å². The summed E-state index contributed by atoms with van der Waals surface area (Å²) in [6.45, 7) is 3.64. The molecule has 0 bridgehead atoms. The van der Waals surface area contributed by atoms with Crippen LogP contribution in [-0.2, 0) is 4.79 Å². The van der Waals surface area contributed by atoms with Gasteiger partial charge in [-0.3, -0.25) is 9.48 Å². The molecule has 1 amide bonds. The topological polar surface area (TPSA) is 67.2 Å². The first kappa shape index (κ1) is 12.2. The minimum absolute atomic E-state index is 0.0511. The molecular weight excluding hydrogens is 230 g/mol. The molecule has 5 nitrogen and oxygen atoms in total. The lowest BCUT2D eigenvalue weighted by molar-refractivity contribution is -0.119. The Balaban J connectivity index is 2.14. The van der Waals surface area contributed by atoms with Crippen LogP contribution in [0.2, 0.25) is 0 Å². The molecule has 1 heterocycles. The molecule has 2 N–H and O–H groups in total. The number of amides is 1. The van der Waals surface area contributed by atoms with Crippen molar-refractivity contribution in [3.63, 3.8) is 0 Å². The summed E-state index contributed by atoms with van der Waals surface area (Å²) in [6, 6.07) is 8.03. The number of phenolic OH excluding ortho intramolecular Hbond substituents is 1. The van der Waals surface area contributed by atoms with Crippen LogP contribution in [0, 0.1) is 6.92 Å². The van der Waals surface area contributed by atoms with Gasteiger partial charge in [0, 0.05) is 11.9 Å². The van der Waals surface area contributed by atoms with E-state index in [0.29, 0.717) is 5.69 Å². The number of nitrogens with zero attached hydrogens (tertiary/aromatic N) is 2. The third-order valence-electron chi connectivity index (χ3n) is 2.78. The second-order valence-corrected chi connectivity index (χ2v) is 4.10. The lowest BCUT2D eigenvalue weighted by Gasteiger charge is -2.14. The predicted molar refractivity (Wildman–Crippen MR) is 68.4 cm³/mol. The Kier molecular flexibility index (Phi) is 3.32. The van der Waals surface area contributed by atoms with Crippen LogP contribution < -0.4 is 5.32 Å². The molecule has 94 valence electrons. The molecule has 1 aromatic carbocycles. The number of para-hydroxylation sites is 2. The Hall–Kier alpha value is -2.30. The molecule has 0 radical (unpaired) electrons. The number of hydrogen-bond donors (Lipinski definition) is 2. The fourth-order valence-corrected chi connectivity index (χ4v) is 1.71. The minimum Gasteiger partial charge on any atom is -0.506 e. The van der Waals surface area contributed by atoms with Crippen molar-refractivity contribution < 1.29 is 9.90 Å². The fraction of sp³-hybridized carbons (Fsp3) is 0.231. The van der Waals surface area contributed by atoms with Crippen LogP contribution >= 0.6 is 0 Å². The summed E-state index contributed by atoms with van der Waals surface area (Å²) in [4.78, 5) is 12.0. The van der Waals surface area contributed by atoms with Crippen molar-refractivity contribution in [3.8, 4) is 5.75 Å². The number of aromatic hydroxyl groups is 1. The average molecular weight is 245 g/mol. The van der Waals surface area contributed by atoms with Crippen molar-refractivity contribution in [2.75, 3.05) is 5.32 Å². The third kappa shape index (κ3) is 2.34. The number of carbonyl (C=O) groups excluding carboxylic acids is 1. The van der Waals surface area contributed by atoms with Crippen LogP contribution in [0.4, 0.5) is 5.69 Å². The number of carbonyl (C=O) groups is 1. The van der Waals surface area contributed by atoms with Crippen LogP contribution in [-0.4, -0.2) is 20.8 Å². The number of aryl methyl sites for hydroxylation is 1. The second-order valence-electron chi connectivity index (χ2n) is 4.10. The zero-order valence-electron chi connectivity index (χ0n) is 10.3. The molecule has 2 rings (SSSR count). The van der Waals surface area contributed by atoms with E-state index in [4.69, 9.17) is 0 Å². The molecule has 1 atom stereocenters. The van der Waals surface area contributed by atoms with Gasteiger partial charge < -0.3 is 10.4 Å². The predicted octanol–water partition coefficient (Wildman–Crippen LogP) is 2.10. The number of rotatable bonds is 3. The summed E-state index contributed by atoms with van der Waals surface area (Å²) < 4.78 is 1.63. The average Bonchev–Trinajstić information content (AvgIpc) is 2.77. The largest absolute Gasteiger partial charge is 0.506 e. The van der Waals surface area contributed by atoms with Gasteiger partial charge in [-0.05, 0) is 32.0 Å². The standard InChI is InChI=1S/C13H15N3O2/c1-9-7-8-14-16(9)10(2)13(18)15-11-5-3-4-6-12(11)17/h3-8,10,17H,1-2H3,(H,15,18). The highest BCUT2D eigenvalue weighted by molar-refractivity contribution is 5.94. The number of anilines is 1. The van der Waals surface area contributed by atoms with Gasteiger partial charge in [0.05, 0.1) is 5.69 Å². The van der Waals surface area contributed by atoms with Crippen LogP contribution in [0.1, 0.15) is 18.7 Å². The quantitative estimate of drug-likeness (QED) is 0.814. The van der Waals surface area contributed by atoms with Gasteiger partial charge in [-0.15, -0.1) is 0 Å². The van der Waals surface area contributed by atoms with Gasteiger partial charge in [-0.25, -0.2) is 0 Å².